The second kappa shape index (κ2) is 4.13. The van der Waals surface area contributed by atoms with Crippen LogP contribution in [0.4, 0.5) is 0 Å². The molecule has 0 saturated carbocycles. The lowest BCUT2D eigenvalue weighted by atomic mass is 10.1. The van der Waals surface area contributed by atoms with Gasteiger partial charge in [0.2, 0.25) is 0 Å². The van der Waals surface area contributed by atoms with Crippen LogP contribution in [0.25, 0.3) is 0 Å². The average Bonchev–Trinajstić information content (AvgIpc) is 2.01. The van der Waals surface area contributed by atoms with Gasteiger partial charge in [0.25, 0.3) is 0 Å². The van der Waals surface area contributed by atoms with Crippen molar-refractivity contribution in [1.82, 2.24) is 0 Å². The first-order chi connectivity index (χ1) is 5.63. The van der Waals surface area contributed by atoms with Gasteiger partial charge in [0.05, 0.1) is 6.10 Å². The number of methoxy groups -OCH3 is 1. The van der Waals surface area contributed by atoms with E-state index in [1.807, 2.05) is 19.1 Å². The molecule has 0 aromatic heterocycles. The fourth-order valence-electron chi connectivity index (χ4n) is 0.946. The lowest BCUT2D eigenvalue weighted by molar-refractivity contribution is 0.119. The highest BCUT2D eigenvalue weighted by atomic mass is 35.5. The third-order valence-electron chi connectivity index (χ3n) is 1.71. The number of rotatable bonds is 2. The first-order valence-electron chi connectivity index (χ1n) is 3.62. The Kier molecular flexibility index (Phi) is 3.39. The van der Waals surface area contributed by atoms with Crippen LogP contribution in [-0.2, 0) is 4.74 Å². The Hall–Kier alpha value is -0.240. The predicted octanol–water partition coefficient (Wildman–Crippen LogP) is 3.70. The lowest BCUT2D eigenvalue weighted by Gasteiger charge is -2.10. The lowest BCUT2D eigenvalue weighted by Crippen LogP contribution is -1.95. The molecule has 0 radical (unpaired) electrons. The van der Waals surface area contributed by atoms with Crippen molar-refractivity contribution in [3.63, 3.8) is 0 Å². The molecule has 0 spiro atoms. The molecular weight excluding hydrogens is 195 g/mol. The van der Waals surface area contributed by atoms with Crippen molar-refractivity contribution < 1.29 is 4.74 Å². The zero-order valence-corrected chi connectivity index (χ0v) is 8.49. The molecule has 3 heteroatoms. The smallest absolute Gasteiger partial charge is 0.0794 e. The van der Waals surface area contributed by atoms with E-state index in [4.69, 9.17) is 27.9 Å². The minimum atomic E-state index is 0.0289. The first kappa shape index (κ1) is 9.85. The van der Waals surface area contributed by atoms with E-state index in [2.05, 4.69) is 0 Å². The predicted molar refractivity (Wildman–Crippen MR) is 51.9 cm³/mol. The molecule has 0 N–H and O–H groups in total. The third kappa shape index (κ3) is 2.37. The minimum absolute atomic E-state index is 0.0289. The van der Waals surface area contributed by atoms with Crippen molar-refractivity contribution in [2.24, 2.45) is 0 Å². The summed E-state index contributed by atoms with van der Waals surface area (Å²) in [5.74, 6) is 0. The van der Waals surface area contributed by atoms with Crippen molar-refractivity contribution in [3.8, 4) is 0 Å². The second-order valence-corrected chi connectivity index (χ2v) is 3.45. The Morgan fingerprint density at radius 2 is 1.67 bits per heavy atom. The molecule has 0 aliphatic rings. The van der Waals surface area contributed by atoms with Crippen molar-refractivity contribution in [2.75, 3.05) is 7.11 Å². The quantitative estimate of drug-likeness (QED) is 0.715. The van der Waals surface area contributed by atoms with E-state index in [9.17, 15) is 0 Å². The summed E-state index contributed by atoms with van der Waals surface area (Å²) in [7, 11) is 1.65. The molecule has 0 fully saturated rings. The van der Waals surface area contributed by atoms with E-state index in [0.29, 0.717) is 10.0 Å². The van der Waals surface area contributed by atoms with Gasteiger partial charge < -0.3 is 4.74 Å². The summed E-state index contributed by atoms with van der Waals surface area (Å²) in [5.41, 5.74) is 0.995. The molecule has 0 amide bonds. The number of ether oxygens (including phenoxy) is 1. The van der Waals surface area contributed by atoms with Gasteiger partial charge in [0.1, 0.15) is 0 Å². The SMILES string of the molecule is COC(C)c1cc(Cl)cc(Cl)c1. The normalized spacial score (nSPS) is 13.0. The molecule has 0 aliphatic heterocycles. The van der Waals surface area contributed by atoms with Crippen LogP contribution in [0, 0.1) is 0 Å². The number of halogens is 2. The van der Waals surface area contributed by atoms with Crippen molar-refractivity contribution in [3.05, 3.63) is 33.8 Å². The van der Waals surface area contributed by atoms with E-state index < -0.39 is 0 Å². The summed E-state index contributed by atoms with van der Waals surface area (Å²) >= 11 is 11.6. The van der Waals surface area contributed by atoms with Gasteiger partial charge in [0.15, 0.2) is 0 Å². The molecule has 66 valence electrons. The first-order valence-corrected chi connectivity index (χ1v) is 4.38. The van der Waals surface area contributed by atoms with E-state index in [1.54, 1.807) is 13.2 Å². The van der Waals surface area contributed by atoms with E-state index >= 15 is 0 Å². The Morgan fingerprint density at radius 1 is 1.17 bits per heavy atom. The van der Waals surface area contributed by atoms with Crippen molar-refractivity contribution in [1.29, 1.82) is 0 Å². The van der Waals surface area contributed by atoms with Crippen LogP contribution in [-0.4, -0.2) is 7.11 Å². The van der Waals surface area contributed by atoms with Gasteiger partial charge in [-0.2, -0.15) is 0 Å². The average molecular weight is 205 g/mol. The molecule has 0 heterocycles. The maximum Gasteiger partial charge on any atom is 0.0794 e. The van der Waals surface area contributed by atoms with Crippen LogP contribution in [0.3, 0.4) is 0 Å². The topological polar surface area (TPSA) is 9.23 Å². The van der Waals surface area contributed by atoms with E-state index in [0.717, 1.165) is 5.56 Å². The molecular formula is C9H10Cl2O. The third-order valence-corrected chi connectivity index (χ3v) is 2.14. The van der Waals surface area contributed by atoms with Crippen LogP contribution >= 0.6 is 23.2 Å². The molecule has 1 aromatic carbocycles. The van der Waals surface area contributed by atoms with Gasteiger partial charge in [-0.1, -0.05) is 23.2 Å². The standard InChI is InChI=1S/C9H10Cl2O/c1-6(12-2)7-3-8(10)5-9(11)4-7/h3-6H,1-2H3. The van der Waals surface area contributed by atoms with E-state index in [-0.39, 0.29) is 6.10 Å². The Labute approximate surface area is 82.2 Å². The summed E-state index contributed by atoms with van der Waals surface area (Å²) < 4.78 is 5.13. The second-order valence-electron chi connectivity index (χ2n) is 2.58. The molecule has 1 atom stereocenters. The molecule has 12 heavy (non-hydrogen) atoms. The van der Waals surface area contributed by atoms with Crippen LogP contribution in [0.5, 0.6) is 0 Å². The van der Waals surface area contributed by atoms with Gasteiger partial charge in [-0.3, -0.25) is 0 Å². The molecule has 1 aromatic rings. The number of benzene rings is 1. The van der Waals surface area contributed by atoms with Crippen LogP contribution < -0.4 is 0 Å². The summed E-state index contributed by atoms with van der Waals surface area (Å²) in [6, 6.07) is 5.40. The van der Waals surface area contributed by atoms with Crippen molar-refractivity contribution in [2.45, 2.75) is 13.0 Å². The summed E-state index contributed by atoms with van der Waals surface area (Å²) in [5, 5.41) is 1.28. The van der Waals surface area contributed by atoms with Crippen molar-refractivity contribution >= 4 is 23.2 Å². The molecule has 0 saturated heterocycles. The fourth-order valence-corrected chi connectivity index (χ4v) is 1.49. The molecule has 1 rings (SSSR count). The number of hydrogen-bond donors (Lipinski definition) is 0. The highest BCUT2D eigenvalue weighted by Crippen LogP contribution is 2.24. The van der Waals surface area contributed by atoms with Gasteiger partial charge in [-0.25, -0.2) is 0 Å². The van der Waals surface area contributed by atoms with Gasteiger partial charge in [0, 0.05) is 17.2 Å². The van der Waals surface area contributed by atoms with Crippen LogP contribution in [0.1, 0.15) is 18.6 Å². The maximum atomic E-state index is 5.81. The highest BCUT2D eigenvalue weighted by Gasteiger charge is 2.05. The zero-order valence-electron chi connectivity index (χ0n) is 6.97. The molecule has 1 nitrogen and oxygen atoms in total. The van der Waals surface area contributed by atoms with Crippen LogP contribution in [0.2, 0.25) is 10.0 Å². The minimum Gasteiger partial charge on any atom is -0.377 e. The molecule has 1 unspecified atom stereocenters. The Morgan fingerprint density at radius 3 is 2.08 bits per heavy atom. The fraction of sp³-hybridized carbons (Fsp3) is 0.333. The van der Waals surface area contributed by atoms with Crippen LogP contribution in [0.15, 0.2) is 18.2 Å². The zero-order chi connectivity index (χ0) is 9.14. The monoisotopic (exact) mass is 204 g/mol. The Balaban J connectivity index is 3.00. The van der Waals surface area contributed by atoms with Gasteiger partial charge in [-0.15, -0.1) is 0 Å². The highest BCUT2D eigenvalue weighted by molar-refractivity contribution is 6.34. The number of hydrogen-bond acceptors (Lipinski definition) is 1. The summed E-state index contributed by atoms with van der Waals surface area (Å²) in [4.78, 5) is 0. The van der Waals surface area contributed by atoms with E-state index in [1.165, 1.54) is 0 Å². The van der Waals surface area contributed by atoms with Gasteiger partial charge >= 0.3 is 0 Å². The molecule has 0 aliphatic carbocycles. The maximum absolute atomic E-state index is 5.81. The molecule has 0 bridgehead atoms. The largest absolute Gasteiger partial charge is 0.377 e. The summed E-state index contributed by atoms with van der Waals surface area (Å²) in [6.07, 6.45) is 0.0289. The summed E-state index contributed by atoms with van der Waals surface area (Å²) in [6.45, 7) is 1.95. The Bertz CT molecular complexity index is 253. The van der Waals surface area contributed by atoms with Gasteiger partial charge in [-0.05, 0) is 30.7 Å².